The Hall–Kier alpha value is -1.09. The van der Waals surface area contributed by atoms with Crippen LogP contribution >= 0.6 is 0 Å². The highest BCUT2D eigenvalue weighted by atomic mass is 16.5. The molecule has 1 saturated carbocycles. The topological polar surface area (TPSA) is 25.4 Å². The molecule has 0 radical (unpaired) electrons. The summed E-state index contributed by atoms with van der Waals surface area (Å²) in [5.74, 6) is 0.983. The van der Waals surface area contributed by atoms with Crippen molar-refractivity contribution >= 4 is 0 Å². The van der Waals surface area contributed by atoms with Gasteiger partial charge in [0.15, 0.2) is 0 Å². The monoisotopic (exact) mass is 300 g/mol. The maximum absolute atomic E-state index is 6.10. The third kappa shape index (κ3) is 2.88. The Balaban J connectivity index is 1.38. The number of ether oxygens (including phenoxy) is 1. The van der Waals surface area contributed by atoms with Gasteiger partial charge in [-0.25, -0.2) is 0 Å². The summed E-state index contributed by atoms with van der Waals surface area (Å²) < 4.78 is 6.10. The van der Waals surface area contributed by atoms with Crippen molar-refractivity contribution in [1.82, 2.24) is 9.88 Å². The first-order chi connectivity index (χ1) is 10.8. The summed E-state index contributed by atoms with van der Waals surface area (Å²) in [5, 5.41) is 0. The molecule has 3 fully saturated rings. The molecule has 1 aromatic rings. The van der Waals surface area contributed by atoms with E-state index in [1.54, 1.807) is 0 Å². The van der Waals surface area contributed by atoms with Gasteiger partial charge in [0.2, 0.25) is 0 Å². The molecule has 2 aliphatic heterocycles. The number of aryl methyl sites for hydroxylation is 1. The molecule has 3 heteroatoms. The van der Waals surface area contributed by atoms with Gasteiger partial charge in [-0.1, -0.05) is 0 Å². The molecule has 1 aliphatic carbocycles. The molecule has 1 aromatic heterocycles. The molecule has 0 amide bonds. The lowest BCUT2D eigenvalue weighted by Crippen LogP contribution is -2.38. The third-order valence-corrected chi connectivity index (χ3v) is 6.06. The van der Waals surface area contributed by atoms with Gasteiger partial charge in [0, 0.05) is 11.7 Å². The van der Waals surface area contributed by atoms with Crippen molar-refractivity contribution in [3.05, 3.63) is 24.0 Å². The van der Waals surface area contributed by atoms with Crippen LogP contribution in [-0.2, 0) is 6.42 Å². The fourth-order valence-corrected chi connectivity index (χ4v) is 4.87. The van der Waals surface area contributed by atoms with Crippen LogP contribution in [0.15, 0.2) is 18.5 Å². The zero-order valence-corrected chi connectivity index (χ0v) is 13.6. The van der Waals surface area contributed by atoms with E-state index in [-0.39, 0.29) is 0 Å². The van der Waals surface area contributed by atoms with E-state index < -0.39 is 0 Å². The van der Waals surface area contributed by atoms with Crippen LogP contribution in [-0.4, -0.2) is 34.6 Å². The van der Waals surface area contributed by atoms with Gasteiger partial charge in [0.25, 0.3) is 0 Å². The molecular weight excluding hydrogens is 272 g/mol. The van der Waals surface area contributed by atoms with Gasteiger partial charge in [-0.2, -0.15) is 0 Å². The maximum atomic E-state index is 6.10. The van der Waals surface area contributed by atoms with Crippen molar-refractivity contribution in [2.75, 3.05) is 13.1 Å². The van der Waals surface area contributed by atoms with Crippen molar-refractivity contribution in [2.24, 2.45) is 0 Å². The van der Waals surface area contributed by atoms with E-state index in [1.807, 2.05) is 12.4 Å². The molecule has 0 spiro atoms. The summed E-state index contributed by atoms with van der Waals surface area (Å²) in [6, 6.07) is 2.23. The summed E-state index contributed by atoms with van der Waals surface area (Å²) in [6.45, 7) is 2.65. The highest BCUT2D eigenvalue weighted by molar-refractivity contribution is 5.24. The van der Waals surface area contributed by atoms with E-state index in [0.29, 0.717) is 11.6 Å². The Labute approximate surface area is 134 Å². The summed E-state index contributed by atoms with van der Waals surface area (Å²) in [4.78, 5) is 7.17. The van der Waals surface area contributed by atoms with Crippen LogP contribution in [0.3, 0.4) is 0 Å². The number of hydrogen-bond acceptors (Lipinski definition) is 3. The second-order valence-electron chi connectivity index (χ2n) is 7.47. The third-order valence-electron chi connectivity index (χ3n) is 6.06. The number of fused-ring (bicyclic) bond motifs is 1. The van der Waals surface area contributed by atoms with Crippen molar-refractivity contribution in [3.63, 3.8) is 0 Å². The number of hydrogen-bond donors (Lipinski definition) is 0. The van der Waals surface area contributed by atoms with Gasteiger partial charge in [-0.3, -0.25) is 9.88 Å². The van der Waals surface area contributed by atoms with Gasteiger partial charge in [-0.05, 0) is 88.9 Å². The minimum absolute atomic E-state index is 0.427. The minimum Gasteiger partial charge on any atom is -0.489 e. The SMILES string of the molecule is c1ncc(OC2CCCC2)cc1CCC12CCCN1CCC2. The molecule has 2 saturated heterocycles. The molecule has 0 atom stereocenters. The van der Waals surface area contributed by atoms with Crippen molar-refractivity contribution in [2.45, 2.75) is 75.9 Å². The Morgan fingerprint density at radius 2 is 1.86 bits per heavy atom. The molecule has 3 nitrogen and oxygen atoms in total. The fraction of sp³-hybridized carbons (Fsp3) is 0.737. The second kappa shape index (κ2) is 6.19. The van der Waals surface area contributed by atoms with Gasteiger partial charge >= 0.3 is 0 Å². The lowest BCUT2D eigenvalue weighted by molar-refractivity contribution is 0.182. The number of pyridine rings is 1. The second-order valence-corrected chi connectivity index (χ2v) is 7.47. The van der Waals surface area contributed by atoms with Gasteiger partial charge in [0.1, 0.15) is 5.75 Å². The molecule has 22 heavy (non-hydrogen) atoms. The summed E-state index contributed by atoms with van der Waals surface area (Å²) in [5.41, 5.74) is 1.87. The van der Waals surface area contributed by atoms with Crippen molar-refractivity contribution < 1.29 is 4.74 Å². The molecule has 0 aromatic carbocycles. The van der Waals surface area contributed by atoms with Crippen LogP contribution in [0, 0.1) is 0 Å². The largest absolute Gasteiger partial charge is 0.489 e. The highest BCUT2D eigenvalue weighted by Gasteiger charge is 2.43. The lowest BCUT2D eigenvalue weighted by atomic mass is 9.87. The quantitative estimate of drug-likeness (QED) is 0.823. The van der Waals surface area contributed by atoms with Crippen LogP contribution in [0.1, 0.15) is 63.4 Å². The average Bonchev–Trinajstić information content (AvgIpc) is 3.22. The van der Waals surface area contributed by atoms with Crippen LogP contribution in [0.5, 0.6) is 5.75 Å². The van der Waals surface area contributed by atoms with Crippen LogP contribution in [0.4, 0.5) is 0 Å². The van der Waals surface area contributed by atoms with E-state index in [4.69, 9.17) is 4.74 Å². The van der Waals surface area contributed by atoms with E-state index >= 15 is 0 Å². The molecule has 3 aliphatic rings. The summed E-state index contributed by atoms with van der Waals surface area (Å²) in [6.07, 6.45) is 17.4. The van der Waals surface area contributed by atoms with Crippen LogP contribution in [0.2, 0.25) is 0 Å². The highest BCUT2D eigenvalue weighted by Crippen LogP contribution is 2.42. The lowest BCUT2D eigenvalue weighted by Gasteiger charge is -2.32. The van der Waals surface area contributed by atoms with Gasteiger partial charge in [-0.15, -0.1) is 0 Å². The zero-order valence-electron chi connectivity index (χ0n) is 13.6. The Bertz CT molecular complexity index is 500. The maximum Gasteiger partial charge on any atom is 0.138 e. The number of nitrogens with zero attached hydrogens (tertiary/aromatic N) is 2. The number of rotatable bonds is 5. The molecule has 0 unspecified atom stereocenters. The fourth-order valence-electron chi connectivity index (χ4n) is 4.87. The Morgan fingerprint density at radius 3 is 2.64 bits per heavy atom. The molecular formula is C19H28N2O. The van der Waals surface area contributed by atoms with Gasteiger partial charge in [0.05, 0.1) is 12.3 Å². The van der Waals surface area contributed by atoms with E-state index in [2.05, 4.69) is 16.0 Å². The Kier molecular flexibility index (Phi) is 4.08. The van der Waals surface area contributed by atoms with Crippen molar-refractivity contribution in [1.29, 1.82) is 0 Å². The van der Waals surface area contributed by atoms with E-state index in [0.717, 1.165) is 12.2 Å². The predicted octanol–water partition coefficient (Wildman–Crippen LogP) is 3.96. The normalized spacial score (nSPS) is 24.7. The number of aromatic nitrogens is 1. The standard InChI is InChI=1S/C19H28N2O/c1-2-6-17(5-1)22-18-13-16(14-20-15-18)7-10-19-8-3-11-21(19)12-4-9-19/h13-15,17H,1-12H2. The summed E-state index contributed by atoms with van der Waals surface area (Å²) in [7, 11) is 0. The predicted molar refractivity (Wildman–Crippen MR) is 88.2 cm³/mol. The van der Waals surface area contributed by atoms with E-state index in [1.165, 1.54) is 76.4 Å². The molecule has 0 N–H and O–H groups in total. The van der Waals surface area contributed by atoms with Crippen LogP contribution < -0.4 is 4.74 Å². The first kappa shape index (κ1) is 14.5. The molecule has 4 rings (SSSR count). The molecule has 3 heterocycles. The smallest absolute Gasteiger partial charge is 0.138 e. The molecule has 120 valence electrons. The minimum atomic E-state index is 0.427. The summed E-state index contributed by atoms with van der Waals surface area (Å²) >= 11 is 0. The average molecular weight is 300 g/mol. The molecule has 0 bridgehead atoms. The Morgan fingerprint density at radius 1 is 1.09 bits per heavy atom. The van der Waals surface area contributed by atoms with Gasteiger partial charge < -0.3 is 4.74 Å². The first-order valence-corrected chi connectivity index (χ1v) is 9.20. The zero-order chi connectivity index (χ0) is 14.8. The van der Waals surface area contributed by atoms with E-state index in [9.17, 15) is 0 Å². The van der Waals surface area contributed by atoms with Crippen LogP contribution in [0.25, 0.3) is 0 Å². The van der Waals surface area contributed by atoms with Crippen molar-refractivity contribution in [3.8, 4) is 5.75 Å². The first-order valence-electron chi connectivity index (χ1n) is 9.20.